The van der Waals surface area contributed by atoms with Crippen molar-refractivity contribution in [1.82, 2.24) is 0 Å². The maximum absolute atomic E-state index is 12.0. The van der Waals surface area contributed by atoms with E-state index in [9.17, 15) is 9.90 Å². The molecule has 4 unspecified atom stereocenters. The summed E-state index contributed by atoms with van der Waals surface area (Å²) in [5.74, 6) is 0.410. The van der Waals surface area contributed by atoms with Crippen molar-refractivity contribution in [3.8, 4) is 0 Å². The molecule has 4 atom stereocenters. The number of hydrogen-bond acceptors (Lipinski definition) is 1. The van der Waals surface area contributed by atoms with Crippen molar-refractivity contribution in [3.05, 3.63) is 22.8 Å². The molecular formula is C21H32O2. The SMILES string of the molecule is CCC(C)C1=CC2=C(CC1)C1(C)CCCC(C)(C(=O)O)C1CC2. The van der Waals surface area contributed by atoms with Gasteiger partial charge in [-0.15, -0.1) is 0 Å². The van der Waals surface area contributed by atoms with Crippen LogP contribution in [0.15, 0.2) is 22.8 Å². The molecule has 0 bridgehead atoms. The fourth-order valence-corrected chi connectivity index (χ4v) is 5.77. The fourth-order valence-electron chi connectivity index (χ4n) is 5.77. The molecule has 0 aromatic heterocycles. The third kappa shape index (κ3) is 2.49. The van der Waals surface area contributed by atoms with Gasteiger partial charge in [0.15, 0.2) is 0 Å². The largest absolute Gasteiger partial charge is 0.481 e. The lowest BCUT2D eigenvalue weighted by Crippen LogP contribution is -2.50. The van der Waals surface area contributed by atoms with Crippen LogP contribution < -0.4 is 0 Å². The predicted molar refractivity (Wildman–Crippen MR) is 94.2 cm³/mol. The first kappa shape index (κ1) is 16.8. The Kier molecular flexibility index (Phi) is 4.23. The van der Waals surface area contributed by atoms with Crippen LogP contribution in [0.1, 0.15) is 79.1 Å². The summed E-state index contributed by atoms with van der Waals surface area (Å²) in [5, 5.41) is 9.87. The van der Waals surface area contributed by atoms with E-state index in [-0.39, 0.29) is 5.41 Å². The number of carbonyl (C=O) groups is 1. The zero-order valence-electron chi connectivity index (χ0n) is 15.2. The molecule has 3 aliphatic rings. The Balaban J connectivity index is 2.00. The molecule has 1 N–H and O–H groups in total. The molecule has 0 aromatic carbocycles. The molecule has 2 nitrogen and oxygen atoms in total. The maximum atomic E-state index is 12.0. The molecule has 0 saturated heterocycles. The van der Waals surface area contributed by atoms with Crippen LogP contribution in [-0.4, -0.2) is 11.1 Å². The highest BCUT2D eigenvalue weighted by Gasteiger charge is 2.55. The monoisotopic (exact) mass is 316 g/mol. The van der Waals surface area contributed by atoms with Gasteiger partial charge in [-0.05, 0) is 74.7 Å². The van der Waals surface area contributed by atoms with E-state index in [1.807, 2.05) is 6.92 Å². The first-order valence-corrected chi connectivity index (χ1v) is 9.49. The van der Waals surface area contributed by atoms with Crippen LogP contribution in [0.2, 0.25) is 0 Å². The number of rotatable bonds is 3. The van der Waals surface area contributed by atoms with Gasteiger partial charge in [0.05, 0.1) is 5.41 Å². The molecule has 0 aromatic rings. The van der Waals surface area contributed by atoms with Crippen molar-refractivity contribution in [2.75, 3.05) is 0 Å². The molecule has 0 aliphatic heterocycles. The maximum Gasteiger partial charge on any atom is 0.309 e. The van der Waals surface area contributed by atoms with Gasteiger partial charge in [-0.25, -0.2) is 0 Å². The lowest BCUT2D eigenvalue weighted by atomic mass is 9.48. The first-order valence-electron chi connectivity index (χ1n) is 9.49. The van der Waals surface area contributed by atoms with Crippen molar-refractivity contribution in [2.24, 2.45) is 22.7 Å². The van der Waals surface area contributed by atoms with Gasteiger partial charge in [0.2, 0.25) is 0 Å². The smallest absolute Gasteiger partial charge is 0.309 e. The van der Waals surface area contributed by atoms with E-state index in [1.165, 1.54) is 19.3 Å². The number of fused-ring (bicyclic) bond motifs is 2. The summed E-state index contributed by atoms with van der Waals surface area (Å²) >= 11 is 0. The lowest BCUT2D eigenvalue weighted by molar-refractivity contribution is -0.159. The Labute approximate surface area is 141 Å². The quantitative estimate of drug-likeness (QED) is 0.720. The standard InChI is InChI=1S/C21H32O2/c1-5-14(2)15-7-9-17-16(13-15)8-10-18-20(17,3)11-6-12-21(18,4)19(22)23/h13-14,18H,5-12H2,1-4H3,(H,22,23). The van der Waals surface area contributed by atoms with Crippen LogP contribution >= 0.6 is 0 Å². The first-order chi connectivity index (χ1) is 10.8. The Bertz CT molecular complexity index is 570. The molecule has 1 saturated carbocycles. The van der Waals surface area contributed by atoms with E-state index in [0.717, 1.165) is 32.1 Å². The average Bonchev–Trinajstić information content (AvgIpc) is 2.53. The zero-order valence-corrected chi connectivity index (χ0v) is 15.2. The second-order valence-corrected chi connectivity index (χ2v) is 8.62. The van der Waals surface area contributed by atoms with E-state index < -0.39 is 11.4 Å². The van der Waals surface area contributed by atoms with Crippen molar-refractivity contribution in [1.29, 1.82) is 0 Å². The Hall–Kier alpha value is -1.05. The highest BCUT2D eigenvalue weighted by atomic mass is 16.4. The topological polar surface area (TPSA) is 37.3 Å². The molecule has 23 heavy (non-hydrogen) atoms. The number of aliphatic carboxylic acids is 1. The van der Waals surface area contributed by atoms with E-state index in [4.69, 9.17) is 0 Å². The van der Waals surface area contributed by atoms with Crippen LogP contribution in [0.25, 0.3) is 0 Å². The van der Waals surface area contributed by atoms with Crippen LogP contribution in [-0.2, 0) is 4.79 Å². The van der Waals surface area contributed by atoms with Gasteiger partial charge in [0.1, 0.15) is 0 Å². The minimum Gasteiger partial charge on any atom is -0.481 e. The molecule has 3 aliphatic carbocycles. The summed E-state index contributed by atoms with van der Waals surface area (Å²) in [7, 11) is 0. The molecular weight excluding hydrogens is 284 g/mol. The second kappa shape index (κ2) is 5.79. The van der Waals surface area contributed by atoms with Crippen molar-refractivity contribution in [2.45, 2.75) is 79.1 Å². The van der Waals surface area contributed by atoms with Crippen LogP contribution in [0, 0.1) is 22.7 Å². The summed E-state index contributed by atoms with van der Waals surface area (Å²) in [6.45, 7) is 8.99. The number of allylic oxidation sites excluding steroid dienone is 4. The predicted octanol–water partition coefficient (Wildman–Crippen LogP) is 5.74. The molecule has 3 rings (SSSR count). The van der Waals surface area contributed by atoms with Crippen molar-refractivity contribution in [3.63, 3.8) is 0 Å². The average molecular weight is 316 g/mol. The minimum absolute atomic E-state index is 0.108. The van der Waals surface area contributed by atoms with Crippen molar-refractivity contribution >= 4 is 5.97 Å². The fraction of sp³-hybridized carbons (Fsp3) is 0.762. The van der Waals surface area contributed by atoms with Gasteiger partial charge >= 0.3 is 5.97 Å². The number of carboxylic acids is 1. The van der Waals surface area contributed by atoms with Gasteiger partial charge in [-0.3, -0.25) is 4.79 Å². The molecule has 0 radical (unpaired) electrons. The van der Waals surface area contributed by atoms with Crippen molar-refractivity contribution < 1.29 is 9.90 Å². The second-order valence-electron chi connectivity index (χ2n) is 8.62. The molecule has 0 spiro atoms. The number of hydrogen-bond donors (Lipinski definition) is 1. The van der Waals surface area contributed by atoms with Crippen LogP contribution in [0.4, 0.5) is 0 Å². The normalized spacial score (nSPS) is 38.4. The molecule has 1 fully saturated rings. The lowest BCUT2D eigenvalue weighted by Gasteiger charge is -2.55. The number of carboxylic acid groups (broad SMARTS) is 1. The highest BCUT2D eigenvalue weighted by molar-refractivity contribution is 5.75. The van der Waals surface area contributed by atoms with E-state index in [1.54, 1.807) is 16.7 Å². The molecule has 128 valence electrons. The molecule has 0 amide bonds. The highest BCUT2D eigenvalue weighted by Crippen LogP contribution is 2.61. The Morgan fingerprint density at radius 1 is 1.30 bits per heavy atom. The van der Waals surface area contributed by atoms with Crippen LogP contribution in [0.5, 0.6) is 0 Å². The van der Waals surface area contributed by atoms with Crippen LogP contribution in [0.3, 0.4) is 0 Å². The minimum atomic E-state index is -0.580. The van der Waals surface area contributed by atoms with Gasteiger partial charge in [0, 0.05) is 0 Å². The summed E-state index contributed by atoms with van der Waals surface area (Å²) in [4.78, 5) is 12.0. The van der Waals surface area contributed by atoms with Gasteiger partial charge < -0.3 is 5.11 Å². The van der Waals surface area contributed by atoms with Gasteiger partial charge in [-0.1, -0.05) is 44.4 Å². The third-order valence-electron chi connectivity index (χ3n) is 7.47. The zero-order chi connectivity index (χ0) is 16.8. The Morgan fingerprint density at radius 2 is 2.04 bits per heavy atom. The van der Waals surface area contributed by atoms with Gasteiger partial charge in [0.25, 0.3) is 0 Å². The van der Waals surface area contributed by atoms with E-state index in [2.05, 4.69) is 26.8 Å². The summed E-state index contributed by atoms with van der Waals surface area (Å²) in [6, 6.07) is 0. The van der Waals surface area contributed by atoms with Gasteiger partial charge in [-0.2, -0.15) is 0 Å². The molecule has 2 heteroatoms. The molecule has 0 heterocycles. The summed E-state index contributed by atoms with van der Waals surface area (Å²) in [5.41, 5.74) is 4.35. The summed E-state index contributed by atoms with van der Waals surface area (Å²) < 4.78 is 0. The summed E-state index contributed by atoms with van der Waals surface area (Å²) in [6.07, 6.45) is 11.2. The third-order valence-corrected chi connectivity index (χ3v) is 7.47. The van der Waals surface area contributed by atoms with E-state index in [0.29, 0.717) is 11.8 Å². The Morgan fingerprint density at radius 3 is 2.70 bits per heavy atom. The van der Waals surface area contributed by atoms with E-state index >= 15 is 0 Å².